The Bertz CT molecular complexity index is 462. The van der Waals surface area contributed by atoms with E-state index in [2.05, 4.69) is 34.6 Å². The quantitative estimate of drug-likeness (QED) is 0.327. The highest BCUT2D eigenvalue weighted by atomic mass is 16.3. The topological polar surface area (TPSA) is 20.2 Å². The summed E-state index contributed by atoms with van der Waals surface area (Å²) in [6.07, 6.45) is 15.0. The molecule has 1 aromatic carbocycles. The van der Waals surface area contributed by atoms with E-state index in [9.17, 15) is 5.11 Å². The van der Waals surface area contributed by atoms with Crippen molar-refractivity contribution in [3.05, 3.63) is 29.8 Å². The summed E-state index contributed by atoms with van der Waals surface area (Å²) in [6, 6.07) is 7.70. The van der Waals surface area contributed by atoms with Crippen LogP contribution in [0.4, 0.5) is 0 Å². The monoisotopic (exact) mass is 374 g/mol. The van der Waals surface area contributed by atoms with E-state index >= 15 is 0 Å². The van der Waals surface area contributed by atoms with Crippen LogP contribution < -0.4 is 0 Å². The second-order valence-corrected chi connectivity index (χ2v) is 9.71. The van der Waals surface area contributed by atoms with Gasteiger partial charge in [-0.25, -0.2) is 0 Å². The van der Waals surface area contributed by atoms with Gasteiger partial charge in [0.2, 0.25) is 0 Å². The third-order valence-corrected chi connectivity index (χ3v) is 6.13. The first-order valence-corrected chi connectivity index (χ1v) is 11.6. The summed E-state index contributed by atoms with van der Waals surface area (Å²) < 4.78 is 0. The van der Waals surface area contributed by atoms with Crippen molar-refractivity contribution in [3.8, 4) is 5.75 Å². The third kappa shape index (κ3) is 12.9. The lowest BCUT2D eigenvalue weighted by Crippen LogP contribution is -2.02. The maximum Gasteiger partial charge on any atom is 0.115 e. The second kappa shape index (κ2) is 14.1. The van der Waals surface area contributed by atoms with Crippen molar-refractivity contribution in [1.29, 1.82) is 0 Å². The molecule has 1 heteroatoms. The molecule has 0 fully saturated rings. The van der Waals surface area contributed by atoms with Crippen LogP contribution in [0.5, 0.6) is 5.75 Å². The average Bonchev–Trinajstić information content (AvgIpc) is 2.61. The summed E-state index contributed by atoms with van der Waals surface area (Å²) in [6.45, 7) is 12.0. The van der Waals surface area contributed by atoms with Crippen LogP contribution in [0.25, 0.3) is 0 Å². The fraction of sp³-hybridized carbons (Fsp3) is 0.769. The van der Waals surface area contributed by atoms with Gasteiger partial charge < -0.3 is 5.11 Å². The smallest absolute Gasteiger partial charge is 0.115 e. The van der Waals surface area contributed by atoms with Crippen molar-refractivity contribution in [2.24, 2.45) is 23.7 Å². The van der Waals surface area contributed by atoms with Crippen LogP contribution in [0.15, 0.2) is 24.3 Å². The van der Waals surface area contributed by atoms with Crippen LogP contribution >= 0.6 is 0 Å². The standard InChI is InChI=1S/C26H46O/c1-21(2)9-6-10-22(3)11-7-12-23(4)13-8-14-24(5)15-16-25-17-19-26(27)20-18-25/h17-24,27H,6-16H2,1-5H3. The van der Waals surface area contributed by atoms with Crippen molar-refractivity contribution in [3.63, 3.8) is 0 Å². The molecule has 0 aromatic heterocycles. The molecular weight excluding hydrogens is 328 g/mol. The number of hydrogen-bond acceptors (Lipinski definition) is 1. The molecule has 0 heterocycles. The first-order chi connectivity index (χ1) is 12.9. The Morgan fingerprint density at radius 2 is 1.00 bits per heavy atom. The summed E-state index contributed by atoms with van der Waals surface area (Å²) in [5.41, 5.74) is 1.34. The molecule has 3 atom stereocenters. The van der Waals surface area contributed by atoms with E-state index in [1.165, 1.54) is 69.8 Å². The summed E-state index contributed by atoms with van der Waals surface area (Å²) in [5, 5.41) is 9.35. The SMILES string of the molecule is CC(C)CCCC(C)CCCC(C)CCCC(C)CCc1ccc(O)cc1. The Balaban J connectivity index is 2.02. The summed E-state index contributed by atoms with van der Waals surface area (Å²) in [4.78, 5) is 0. The predicted molar refractivity (Wildman–Crippen MR) is 120 cm³/mol. The first kappa shape index (κ1) is 24.1. The fourth-order valence-electron chi connectivity index (χ4n) is 4.01. The molecule has 0 radical (unpaired) electrons. The normalized spacial score (nSPS) is 15.0. The minimum atomic E-state index is 0.366. The maximum absolute atomic E-state index is 9.35. The highest BCUT2D eigenvalue weighted by molar-refractivity contribution is 5.25. The average molecular weight is 375 g/mol. The molecule has 156 valence electrons. The van der Waals surface area contributed by atoms with Gasteiger partial charge in [-0.2, -0.15) is 0 Å². The van der Waals surface area contributed by atoms with Crippen LogP contribution in [0.1, 0.15) is 104 Å². The number of aromatic hydroxyl groups is 1. The predicted octanol–water partition coefficient (Wildman–Crippen LogP) is 8.40. The lowest BCUT2D eigenvalue weighted by molar-refractivity contribution is 0.374. The zero-order valence-corrected chi connectivity index (χ0v) is 18.8. The number of benzene rings is 1. The van der Waals surface area contributed by atoms with Gasteiger partial charge in [-0.3, -0.25) is 0 Å². The molecule has 27 heavy (non-hydrogen) atoms. The van der Waals surface area contributed by atoms with Crippen LogP contribution in [0.2, 0.25) is 0 Å². The summed E-state index contributed by atoms with van der Waals surface area (Å²) in [5.74, 6) is 3.83. The minimum absolute atomic E-state index is 0.366. The lowest BCUT2D eigenvalue weighted by atomic mass is 9.90. The van der Waals surface area contributed by atoms with Crippen LogP contribution in [0.3, 0.4) is 0 Å². The van der Waals surface area contributed by atoms with E-state index in [1.54, 1.807) is 12.1 Å². The Hall–Kier alpha value is -0.980. The molecule has 0 saturated heterocycles. The van der Waals surface area contributed by atoms with Gasteiger partial charge in [-0.15, -0.1) is 0 Å². The third-order valence-electron chi connectivity index (χ3n) is 6.13. The van der Waals surface area contributed by atoms with E-state index in [4.69, 9.17) is 0 Å². The van der Waals surface area contributed by atoms with Crippen LogP contribution in [-0.2, 0) is 6.42 Å². The van der Waals surface area contributed by atoms with Crippen molar-refractivity contribution >= 4 is 0 Å². The van der Waals surface area contributed by atoms with Gasteiger partial charge in [-0.1, -0.05) is 105 Å². The highest BCUT2D eigenvalue weighted by Crippen LogP contribution is 2.23. The number of aryl methyl sites for hydroxylation is 1. The lowest BCUT2D eigenvalue weighted by Gasteiger charge is -2.16. The molecule has 0 aliphatic carbocycles. The molecule has 0 aliphatic rings. The second-order valence-electron chi connectivity index (χ2n) is 9.71. The first-order valence-electron chi connectivity index (χ1n) is 11.6. The van der Waals surface area contributed by atoms with E-state index in [0.29, 0.717) is 5.75 Å². The van der Waals surface area contributed by atoms with Crippen LogP contribution in [0, 0.1) is 23.7 Å². The summed E-state index contributed by atoms with van der Waals surface area (Å²) >= 11 is 0. The fourth-order valence-corrected chi connectivity index (χ4v) is 4.01. The number of hydrogen-bond donors (Lipinski definition) is 1. The van der Waals surface area contributed by atoms with Crippen LogP contribution in [-0.4, -0.2) is 5.11 Å². The minimum Gasteiger partial charge on any atom is -0.508 e. The van der Waals surface area contributed by atoms with E-state index in [0.717, 1.165) is 30.1 Å². The Morgan fingerprint density at radius 1 is 0.593 bits per heavy atom. The van der Waals surface area contributed by atoms with Gasteiger partial charge in [0.05, 0.1) is 0 Å². The molecule has 3 unspecified atom stereocenters. The van der Waals surface area contributed by atoms with E-state index < -0.39 is 0 Å². The molecule has 1 aromatic rings. The van der Waals surface area contributed by atoms with Gasteiger partial charge in [0.1, 0.15) is 5.75 Å². The van der Waals surface area contributed by atoms with Crippen molar-refractivity contribution in [2.45, 2.75) is 105 Å². The van der Waals surface area contributed by atoms with Crippen molar-refractivity contribution in [1.82, 2.24) is 0 Å². The van der Waals surface area contributed by atoms with Gasteiger partial charge in [0.15, 0.2) is 0 Å². The van der Waals surface area contributed by atoms with Crippen molar-refractivity contribution in [2.75, 3.05) is 0 Å². The van der Waals surface area contributed by atoms with Gasteiger partial charge in [0.25, 0.3) is 0 Å². The Kier molecular flexibility index (Phi) is 12.5. The van der Waals surface area contributed by atoms with E-state index in [-0.39, 0.29) is 0 Å². The molecule has 1 nitrogen and oxygen atoms in total. The maximum atomic E-state index is 9.35. The van der Waals surface area contributed by atoms with E-state index in [1.807, 2.05) is 12.1 Å². The molecule has 0 bridgehead atoms. The number of phenols is 1. The molecule has 1 rings (SSSR count). The molecule has 0 saturated carbocycles. The van der Waals surface area contributed by atoms with Gasteiger partial charge in [0, 0.05) is 0 Å². The van der Waals surface area contributed by atoms with Gasteiger partial charge >= 0.3 is 0 Å². The van der Waals surface area contributed by atoms with Crippen molar-refractivity contribution < 1.29 is 5.11 Å². The van der Waals surface area contributed by atoms with Gasteiger partial charge in [-0.05, 0) is 54.2 Å². The highest BCUT2D eigenvalue weighted by Gasteiger charge is 2.08. The molecule has 0 spiro atoms. The Morgan fingerprint density at radius 3 is 1.44 bits per heavy atom. The molecule has 0 amide bonds. The summed E-state index contributed by atoms with van der Waals surface area (Å²) in [7, 11) is 0. The zero-order valence-electron chi connectivity index (χ0n) is 18.8. The number of rotatable bonds is 15. The molecular formula is C26H46O. The Labute approximate surface area is 170 Å². The molecule has 1 N–H and O–H groups in total. The number of phenolic OH excluding ortho intramolecular Hbond substituents is 1. The zero-order chi connectivity index (χ0) is 20.1. The largest absolute Gasteiger partial charge is 0.508 e. The molecule has 0 aliphatic heterocycles.